The lowest BCUT2D eigenvalue weighted by molar-refractivity contribution is 0.0558. The lowest BCUT2D eigenvalue weighted by Gasteiger charge is -2.43. The van der Waals surface area contributed by atoms with Crippen molar-refractivity contribution in [1.82, 2.24) is 10.2 Å². The molecule has 2 fully saturated rings. The Bertz CT molecular complexity index is 275. The lowest BCUT2D eigenvalue weighted by atomic mass is 9.78. The summed E-state index contributed by atoms with van der Waals surface area (Å²) in [5, 5.41) is 13.4. The number of aliphatic hydroxyl groups is 1. The van der Waals surface area contributed by atoms with Gasteiger partial charge < -0.3 is 15.2 Å². The van der Waals surface area contributed by atoms with Gasteiger partial charge in [0.25, 0.3) is 0 Å². The summed E-state index contributed by atoms with van der Waals surface area (Å²) in [5.74, 6) is 0. The van der Waals surface area contributed by atoms with Crippen LogP contribution in [0.3, 0.4) is 0 Å². The number of nitrogens with zero attached hydrogens (tertiary/aromatic N) is 1. The van der Waals surface area contributed by atoms with Crippen molar-refractivity contribution in [3.63, 3.8) is 0 Å². The maximum atomic E-state index is 9.82. The highest BCUT2D eigenvalue weighted by atomic mass is 16.5. The molecule has 2 N–H and O–H groups in total. The first-order valence-corrected chi connectivity index (χ1v) is 7.86. The van der Waals surface area contributed by atoms with Crippen LogP contribution in [0.2, 0.25) is 0 Å². The van der Waals surface area contributed by atoms with Gasteiger partial charge in [-0.25, -0.2) is 0 Å². The first kappa shape index (κ1) is 15.2. The summed E-state index contributed by atoms with van der Waals surface area (Å²) < 4.78 is 5.47. The van der Waals surface area contributed by atoms with E-state index in [9.17, 15) is 5.11 Å². The fourth-order valence-corrected chi connectivity index (χ4v) is 3.67. The zero-order valence-corrected chi connectivity index (χ0v) is 12.5. The van der Waals surface area contributed by atoms with Gasteiger partial charge in [0.15, 0.2) is 0 Å². The second-order valence-electron chi connectivity index (χ2n) is 6.26. The highest BCUT2D eigenvalue weighted by Crippen LogP contribution is 2.33. The minimum Gasteiger partial charge on any atom is -0.394 e. The monoisotopic (exact) mass is 270 g/mol. The van der Waals surface area contributed by atoms with E-state index in [0.29, 0.717) is 12.1 Å². The van der Waals surface area contributed by atoms with Crippen LogP contribution >= 0.6 is 0 Å². The molecule has 1 heterocycles. The molecule has 1 saturated carbocycles. The van der Waals surface area contributed by atoms with Crippen molar-refractivity contribution in [3.8, 4) is 0 Å². The number of rotatable bonds is 6. The number of ether oxygens (including phenoxy) is 1. The molecule has 2 aliphatic rings. The number of aliphatic hydroxyl groups excluding tert-OH is 1. The first-order chi connectivity index (χ1) is 9.23. The van der Waals surface area contributed by atoms with Crippen LogP contribution in [0.5, 0.6) is 0 Å². The van der Waals surface area contributed by atoms with Crippen LogP contribution < -0.4 is 5.32 Å². The summed E-state index contributed by atoms with van der Waals surface area (Å²) in [7, 11) is 1.82. The fraction of sp³-hybridized carbons (Fsp3) is 1.00. The Kier molecular flexibility index (Phi) is 5.63. The van der Waals surface area contributed by atoms with E-state index in [0.717, 1.165) is 45.3 Å². The van der Waals surface area contributed by atoms with Crippen LogP contribution in [-0.2, 0) is 4.74 Å². The molecular weight excluding hydrogens is 240 g/mol. The van der Waals surface area contributed by atoms with Crippen molar-refractivity contribution >= 4 is 0 Å². The number of nitrogens with one attached hydrogen (secondary N) is 1. The summed E-state index contributed by atoms with van der Waals surface area (Å²) in [5.41, 5.74) is -0.0376. The molecule has 0 aromatic carbocycles. The van der Waals surface area contributed by atoms with E-state index in [1.807, 2.05) is 7.11 Å². The minimum atomic E-state index is -0.0376. The third kappa shape index (κ3) is 3.69. The molecule has 0 aromatic heterocycles. The van der Waals surface area contributed by atoms with Crippen LogP contribution in [-0.4, -0.2) is 61.0 Å². The molecule has 0 spiro atoms. The Morgan fingerprint density at radius 1 is 1.42 bits per heavy atom. The smallest absolute Gasteiger partial charge is 0.0710 e. The van der Waals surface area contributed by atoms with Crippen LogP contribution in [0.25, 0.3) is 0 Å². The Morgan fingerprint density at radius 2 is 2.26 bits per heavy atom. The summed E-state index contributed by atoms with van der Waals surface area (Å²) in [6.07, 6.45) is 7.38. The average molecular weight is 270 g/mol. The highest BCUT2D eigenvalue weighted by Gasteiger charge is 2.39. The Morgan fingerprint density at radius 3 is 2.89 bits per heavy atom. The van der Waals surface area contributed by atoms with E-state index in [-0.39, 0.29) is 12.1 Å². The van der Waals surface area contributed by atoms with Crippen molar-refractivity contribution in [2.24, 2.45) is 0 Å². The molecule has 4 nitrogen and oxygen atoms in total. The number of likely N-dealkylation sites (tertiary alicyclic amines) is 1. The lowest BCUT2D eigenvalue weighted by Crippen LogP contribution is -2.55. The Labute approximate surface area is 117 Å². The first-order valence-electron chi connectivity index (χ1n) is 7.86. The van der Waals surface area contributed by atoms with Gasteiger partial charge in [0.1, 0.15) is 0 Å². The predicted molar refractivity (Wildman–Crippen MR) is 77.4 cm³/mol. The van der Waals surface area contributed by atoms with Gasteiger partial charge in [-0.05, 0) is 45.1 Å². The van der Waals surface area contributed by atoms with Gasteiger partial charge in [-0.2, -0.15) is 0 Å². The molecule has 4 heteroatoms. The summed E-state index contributed by atoms with van der Waals surface area (Å²) in [6, 6.07) is 0.616. The summed E-state index contributed by atoms with van der Waals surface area (Å²) >= 11 is 0. The van der Waals surface area contributed by atoms with Crippen molar-refractivity contribution in [2.75, 3.05) is 33.4 Å². The predicted octanol–water partition coefficient (Wildman–Crippen LogP) is 1.38. The van der Waals surface area contributed by atoms with Gasteiger partial charge >= 0.3 is 0 Å². The standard InChI is InChI=1S/C15H30N2O2/c1-3-8-16-15(12-18)7-4-5-13(10-15)17-9-6-14(11-17)19-2/h13-14,16,18H,3-12H2,1-2H3. The third-order valence-corrected chi connectivity index (χ3v) is 4.90. The van der Waals surface area contributed by atoms with Gasteiger partial charge in [-0.15, -0.1) is 0 Å². The Hall–Kier alpha value is -0.160. The maximum absolute atomic E-state index is 9.82. The molecule has 0 aromatic rings. The second-order valence-corrected chi connectivity index (χ2v) is 6.26. The normalized spacial score (nSPS) is 36.8. The van der Waals surface area contributed by atoms with E-state index < -0.39 is 0 Å². The molecular formula is C15H30N2O2. The van der Waals surface area contributed by atoms with E-state index in [4.69, 9.17) is 4.74 Å². The number of hydrogen-bond acceptors (Lipinski definition) is 4. The average Bonchev–Trinajstić information content (AvgIpc) is 2.94. The number of hydrogen-bond donors (Lipinski definition) is 2. The van der Waals surface area contributed by atoms with Gasteiger partial charge in [0.05, 0.1) is 12.7 Å². The molecule has 3 atom stereocenters. The molecule has 0 radical (unpaired) electrons. The molecule has 1 aliphatic heterocycles. The van der Waals surface area contributed by atoms with E-state index in [2.05, 4.69) is 17.1 Å². The van der Waals surface area contributed by atoms with Gasteiger partial charge in [-0.1, -0.05) is 6.92 Å². The molecule has 2 rings (SSSR count). The fourth-order valence-electron chi connectivity index (χ4n) is 3.67. The van der Waals surface area contributed by atoms with Crippen LogP contribution in [0.1, 0.15) is 45.4 Å². The summed E-state index contributed by atoms with van der Waals surface area (Å²) in [6.45, 7) is 5.68. The van der Waals surface area contributed by atoms with Crippen LogP contribution in [0.4, 0.5) is 0 Å². The summed E-state index contributed by atoms with van der Waals surface area (Å²) in [4.78, 5) is 2.57. The van der Waals surface area contributed by atoms with E-state index in [1.165, 1.54) is 12.8 Å². The molecule has 0 bridgehead atoms. The third-order valence-electron chi connectivity index (χ3n) is 4.90. The Balaban J connectivity index is 1.92. The molecule has 3 unspecified atom stereocenters. The quantitative estimate of drug-likeness (QED) is 0.765. The van der Waals surface area contributed by atoms with Crippen molar-refractivity contribution in [1.29, 1.82) is 0 Å². The van der Waals surface area contributed by atoms with Crippen LogP contribution in [0, 0.1) is 0 Å². The zero-order chi connectivity index (χ0) is 13.7. The molecule has 0 amide bonds. The zero-order valence-electron chi connectivity index (χ0n) is 12.5. The van der Waals surface area contributed by atoms with Crippen LogP contribution in [0.15, 0.2) is 0 Å². The van der Waals surface area contributed by atoms with Gasteiger partial charge in [0.2, 0.25) is 0 Å². The largest absolute Gasteiger partial charge is 0.394 e. The van der Waals surface area contributed by atoms with E-state index in [1.54, 1.807) is 0 Å². The second kappa shape index (κ2) is 7.02. The van der Waals surface area contributed by atoms with Gasteiger partial charge in [0, 0.05) is 31.8 Å². The SMILES string of the molecule is CCCNC1(CO)CCCC(N2CCC(OC)C2)C1. The number of methoxy groups -OCH3 is 1. The maximum Gasteiger partial charge on any atom is 0.0710 e. The molecule has 1 saturated heterocycles. The highest BCUT2D eigenvalue weighted by molar-refractivity contribution is 4.97. The van der Waals surface area contributed by atoms with Crippen molar-refractivity contribution < 1.29 is 9.84 Å². The molecule has 112 valence electrons. The molecule has 19 heavy (non-hydrogen) atoms. The van der Waals surface area contributed by atoms with Gasteiger partial charge in [-0.3, -0.25) is 4.90 Å². The van der Waals surface area contributed by atoms with Crippen molar-refractivity contribution in [3.05, 3.63) is 0 Å². The molecule has 1 aliphatic carbocycles. The topological polar surface area (TPSA) is 44.7 Å². The van der Waals surface area contributed by atoms with Crippen molar-refractivity contribution in [2.45, 2.75) is 63.1 Å². The van der Waals surface area contributed by atoms with E-state index >= 15 is 0 Å². The minimum absolute atomic E-state index is 0.0376.